The van der Waals surface area contributed by atoms with Crippen LogP contribution in [0.5, 0.6) is 0 Å². The molecule has 7 heteroatoms. The lowest BCUT2D eigenvalue weighted by atomic mass is 10.3. The Kier molecular flexibility index (Phi) is 2.51. The summed E-state index contributed by atoms with van der Waals surface area (Å²) in [4.78, 5) is 3.96. The minimum atomic E-state index is -4.30. The molecule has 0 aliphatic carbocycles. The van der Waals surface area contributed by atoms with E-state index >= 15 is 0 Å². The number of anilines is 1. The average Bonchev–Trinajstić information content (AvgIpc) is 2.43. The molecule has 0 bridgehead atoms. The van der Waals surface area contributed by atoms with Crippen LogP contribution in [-0.2, 0) is 0 Å². The zero-order valence-electron chi connectivity index (χ0n) is 7.21. The van der Waals surface area contributed by atoms with Gasteiger partial charge in [-0.15, -0.1) is 0 Å². The Balaban J connectivity index is 2.51. The van der Waals surface area contributed by atoms with Gasteiger partial charge in [0.1, 0.15) is 0 Å². The number of aromatic nitrogens is 1. The summed E-state index contributed by atoms with van der Waals surface area (Å²) in [7, 11) is 0. The van der Waals surface area contributed by atoms with Gasteiger partial charge in [-0.1, -0.05) is 17.4 Å². The lowest BCUT2D eigenvalue weighted by Crippen LogP contribution is -1.99. The van der Waals surface area contributed by atoms with Crippen molar-refractivity contribution in [1.82, 2.24) is 4.98 Å². The summed E-state index contributed by atoms with van der Waals surface area (Å²) in [5.74, 6) is 0. The number of halogens is 3. The topological polar surface area (TPSA) is 38.9 Å². The predicted octanol–water partition coefficient (Wildman–Crippen LogP) is 3.49. The van der Waals surface area contributed by atoms with Gasteiger partial charge in [-0.05, 0) is 23.9 Å². The van der Waals surface area contributed by atoms with Crippen LogP contribution in [0.1, 0.15) is 0 Å². The van der Waals surface area contributed by atoms with Gasteiger partial charge < -0.3 is 5.73 Å². The minimum Gasteiger partial charge on any atom is -0.375 e. The molecule has 0 radical (unpaired) electrons. The molecule has 0 spiro atoms. The standard InChI is InChI=1S/C8H5F3N2S2/c9-8(10,11)15-5-3-1-2-4-6(5)13-7(12)14-4/h1-3H,(H2,12,13). The van der Waals surface area contributed by atoms with Crippen molar-refractivity contribution in [3.63, 3.8) is 0 Å². The number of thioether (sulfide) groups is 1. The van der Waals surface area contributed by atoms with Gasteiger partial charge in [-0.25, -0.2) is 4.98 Å². The highest BCUT2D eigenvalue weighted by molar-refractivity contribution is 8.00. The van der Waals surface area contributed by atoms with Crippen LogP contribution >= 0.6 is 23.1 Å². The molecule has 0 saturated carbocycles. The second-order valence-corrected chi connectivity index (χ2v) is 4.87. The van der Waals surface area contributed by atoms with E-state index in [0.29, 0.717) is 10.2 Å². The Labute approximate surface area is 91.3 Å². The molecule has 0 saturated heterocycles. The summed E-state index contributed by atoms with van der Waals surface area (Å²) in [5, 5.41) is 0.278. The Morgan fingerprint density at radius 2 is 2.07 bits per heavy atom. The number of fused-ring (bicyclic) bond motifs is 1. The fourth-order valence-electron chi connectivity index (χ4n) is 1.15. The van der Waals surface area contributed by atoms with Gasteiger partial charge in [-0.2, -0.15) is 13.2 Å². The molecule has 0 aliphatic heterocycles. The highest BCUT2D eigenvalue weighted by Gasteiger charge is 2.30. The summed E-state index contributed by atoms with van der Waals surface area (Å²) >= 11 is 1.01. The fraction of sp³-hybridized carbons (Fsp3) is 0.125. The van der Waals surface area contributed by atoms with Crippen molar-refractivity contribution in [2.75, 3.05) is 5.73 Å². The largest absolute Gasteiger partial charge is 0.446 e. The summed E-state index contributed by atoms with van der Waals surface area (Å²) in [5.41, 5.74) is 1.46. The number of rotatable bonds is 1. The second kappa shape index (κ2) is 3.57. The smallest absolute Gasteiger partial charge is 0.375 e. The molecule has 0 fully saturated rings. The van der Waals surface area contributed by atoms with E-state index in [1.807, 2.05) is 0 Å². The van der Waals surface area contributed by atoms with Crippen molar-refractivity contribution in [3.8, 4) is 0 Å². The van der Waals surface area contributed by atoms with Crippen LogP contribution in [0.15, 0.2) is 23.1 Å². The minimum absolute atomic E-state index is 0.0907. The van der Waals surface area contributed by atoms with Crippen molar-refractivity contribution < 1.29 is 13.2 Å². The molecule has 1 aromatic heterocycles. The van der Waals surface area contributed by atoms with Crippen molar-refractivity contribution in [3.05, 3.63) is 18.2 Å². The van der Waals surface area contributed by atoms with Crippen molar-refractivity contribution in [2.45, 2.75) is 10.4 Å². The van der Waals surface area contributed by atoms with E-state index in [-0.39, 0.29) is 21.8 Å². The Morgan fingerprint density at radius 3 is 2.73 bits per heavy atom. The van der Waals surface area contributed by atoms with Crippen LogP contribution in [0.3, 0.4) is 0 Å². The quantitative estimate of drug-likeness (QED) is 0.787. The van der Waals surface area contributed by atoms with Crippen molar-refractivity contribution >= 4 is 38.4 Å². The molecule has 0 atom stereocenters. The highest BCUT2D eigenvalue weighted by Crippen LogP contribution is 2.41. The third-order valence-electron chi connectivity index (χ3n) is 1.62. The third kappa shape index (κ3) is 2.35. The van der Waals surface area contributed by atoms with Gasteiger partial charge in [0.25, 0.3) is 0 Å². The van der Waals surface area contributed by atoms with Crippen LogP contribution in [0.2, 0.25) is 0 Å². The number of nitrogens with zero attached hydrogens (tertiary/aromatic N) is 1. The Morgan fingerprint density at radius 1 is 1.33 bits per heavy atom. The van der Waals surface area contributed by atoms with E-state index in [4.69, 9.17) is 5.73 Å². The van der Waals surface area contributed by atoms with E-state index < -0.39 is 5.51 Å². The maximum Gasteiger partial charge on any atom is 0.446 e. The van der Waals surface area contributed by atoms with Gasteiger partial charge in [0, 0.05) is 4.90 Å². The summed E-state index contributed by atoms with van der Waals surface area (Å²) < 4.78 is 37.2. The molecule has 0 aliphatic rings. The van der Waals surface area contributed by atoms with Crippen molar-refractivity contribution in [2.24, 2.45) is 0 Å². The Bertz CT molecular complexity index is 492. The second-order valence-electron chi connectivity index (χ2n) is 2.70. The first-order chi connectivity index (χ1) is 6.96. The zero-order chi connectivity index (χ0) is 11.1. The van der Waals surface area contributed by atoms with Crippen LogP contribution in [0, 0.1) is 0 Å². The highest BCUT2D eigenvalue weighted by atomic mass is 32.2. The molecule has 2 N–H and O–H groups in total. The number of nitrogen functional groups attached to an aromatic ring is 1. The number of hydrogen-bond donors (Lipinski definition) is 1. The summed E-state index contributed by atoms with van der Waals surface area (Å²) in [6.07, 6.45) is 0. The summed E-state index contributed by atoms with van der Waals surface area (Å²) in [6.45, 7) is 0. The fourth-order valence-corrected chi connectivity index (χ4v) is 2.62. The van der Waals surface area contributed by atoms with Crippen LogP contribution in [-0.4, -0.2) is 10.5 Å². The number of hydrogen-bond acceptors (Lipinski definition) is 4. The number of nitrogens with two attached hydrogens (primary N) is 1. The number of benzene rings is 1. The molecule has 2 rings (SSSR count). The number of thiazole rings is 1. The van der Waals surface area contributed by atoms with Gasteiger partial charge in [0.2, 0.25) is 0 Å². The van der Waals surface area contributed by atoms with Crippen LogP contribution in [0.4, 0.5) is 18.3 Å². The molecular weight excluding hydrogens is 245 g/mol. The molecule has 2 nitrogen and oxygen atoms in total. The van der Waals surface area contributed by atoms with Gasteiger partial charge in [0.15, 0.2) is 5.13 Å². The molecule has 2 aromatic rings. The van der Waals surface area contributed by atoms with E-state index in [2.05, 4.69) is 4.98 Å². The summed E-state index contributed by atoms with van der Waals surface area (Å²) in [6, 6.07) is 4.65. The monoisotopic (exact) mass is 250 g/mol. The van der Waals surface area contributed by atoms with E-state index in [1.54, 1.807) is 12.1 Å². The van der Waals surface area contributed by atoms with Gasteiger partial charge >= 0.3 is 5.51 Å². The van der Waals surface area contributed by atoms with E-state index in [0.717, 1.165) is 0 Å². The lowest BCUT2D eigenvalue weighted by Gasteiger charge is -2.05. The average molecular weight is 250 g/mol. The molecule has 1 aromatic carbocycles. The molecule has 15 heavy (non-hydrogen) atoms. The molecule has 0 unspecified atom stereocenters. The first-order valence-corrected chi connectivity index (χ1v) is 5.50. The first kappa shape index (κ1) is 10.6. The first-order valence-electron chi connectivity index (χ1n) is 3.86. The lowest BCUT2D eigenvalue weighted by molar-refractivity contribution is -0.0327. The molecular formula is C8H5F3N2S2. The normalized spacial score (nSPS) is 12.2. The van der Waals surface area contributed by atoms with E-state index in [1.165, 1.54) is 17.4 Å². The Hall–Kier alpha value is -0.950. The van der Waals surface area contributed by atoms with E-state index in [9.17, 15) is 13.2 Å². The van der Waals surface area contributed by atoms with Crippen molar-refractivity contribution in [1.29, 1.82) is 0 Å². The number of alkyl halides is 3. The SMILES string of the molecule is Nc1nc2c(SC(F)(F)F)cccc2s1. The molecule has 0 amide bonds. The third-order valence-corrected chi connectivity index (χ3v) is 3.25. The molecule has 80 valence electrons. The van der Waals surface area contributed by atoms with Crippen LogP contribution < -0.4 is 5.73 Å². The van der Waals surface area contributed by atoms with Gasteiger partial charge in [0.05, 0.1) is 10.2 Å². The number of para-hydroxylation sites is 1. The van der Waals surface area contributed by atoms with Gasteiger partial charge in [-0.3, -0.25) is 0 Å². The predicted molar refractivity (Wildman–Crippen MR) is 55.9 cm³/mol. The zero-order valence-corrected chi connectivity index (χ0v) is 8.84. The van der Waals surface area contributed by atoms with Crippen LogP contribution in [0.25, 0.3) is 10.2 Å². The maximum atomic E-state index is 12.2. The maximum absolute atomic E-state index is 12.2. The molecule has 1 heterocycles.